The van der Waals surface area contributed by atoms with Gasteiger partial charge in [0.1, 0.15) is 40.9 Å². The van der Waals surface area contributed by atoms with E-state index in [0.29, 0.717) is 43.9 Å². The number of ether oxygens (including phenoxy) is 2. The molecule has 3 saturated heterocycles. The van der Waals surface area contributed by atoms with Gasteiger partial charge in [-0.15, -0.1) is 0 Å². The summed E-state index contributed by atoms with van der Waals surface area (Å²) >= 11 is 0. The van der Waals surface area contributed by atoms with Crippen LogP contribution in [0.15, 0.2) is 23.5 Å². The summed E-state index contributed by atoms with van der Waals surface area (Å²) in [5, 5.41) is 73.7. The number of piperidine rings is 1. The number of allylic oxidation sites excluding steroid dienone is 4. The van der Waals surface area contributed by atoms with E-state index in [9.17, 15) is 35.4 Å². The maximum atomic E-state index is 15.1. The molecule has 14 heteroatoms. The zero-order valence-electron chi connectivity index (χ0n) is 29.2. The Morgan fingerprint density at radius 1 is 0.902 bits per heavy atom. The summed E-state index contributed by atoms with van der Waals surface area (Å²) in [7, 11) is 3.02. The van der Waals surface area contributed by atoms with Crippen LogP contribution in [-0.2, 0) is 19.1 Å². The molecule has 1 spiro atoms. The first-order valence-corrected chi connectivity index (χ1v) is 21.6. The first-order chi connectivity index (χ1) is 24.6. The Bertz CT molecular complexity index is 1350. The van der Waals surface area contributed by atoms with Gasteiger partial charge in [0.25, 0.3) is 0 Å². The summed E-state index contributed by atoms with van der Waals surface area (Å²) in [5.41, 5.74) is -2.66. The second-order valence-electron chi connectivity index (χ2n) is 16.3. The standard InChI is InChI=1S/C37H56N2O10S2/c40-16-22-4-1-3-21(11-22)12-23-13-25-31(43)24-5-2-6-26-30(24)33(45)36(25,28(42)14-23)18-50-51-19-39-29-15-20(8-10-38-29)7-9-37(47)32(44)27(17-41)49-35(48-26)34(37)46/h13-14,20-22,24-27,29-30,32,34-35,38-42,44,46-47H,1-12,15-19H2. The van der Waals surface area contributed by atoms with E-state index in [1.165, 1.54) is 10.8 Å². The third-order valence-corrected chi connectivity index (χ3v) is 15.5. The van der Waals surface area contributed by atoms with Crippen molar-refractivity contribution in [3.05, 3.63) is 23.5 Å². The van der Waals surface area contributed by atoms with Crippen LogP contribution in [0.2, 0.25) is 0 Å². The number of fused-ring (bicyclic) bond motifs is 4. The van der Waals surface area contributed by atoms with E-state index >= 15 is 4.79 Å². The lowest BCUT2D eigenvalue weighted by Crippen LogP contribution is -2.68. The van der Waals surface area contributed by atoms with Crippen molar-refractivity contribution in [2.75, 3.05) is 31.4 Å². The number of aliphatic hydroxyl groups is 6. The molecule has 14 atom stereocenters. The van der Waals surface area contributed by atoms with E-state index in [0.717, 1.165) is 50.6 Å². The summed E-state index contributed by atoms with van der Waals surface area (Å²) in [6.07, 6.45) is 5.21. The average Bonchev–Trinajstić information content (AvgIpc) is 3.13. The van der Waals surface area contributed by atoms with Crippen LogP contribution < -0.4 is 10.6 Å². The molecule has 0 radical (unpaired) electrons. The fourth-order valence-corrected chi connectivity index (χ4v) is 12.7. The van der Waals surface area contributed by atoms with Crippen molar-refractivity contribution in [1.29, 1.82) is 0 Å². The van der Waals surface area contributed by atoms with Crippen molar-refractivity contribution in [3.63, 3.8) is 0 Å². The second kappa shape index (κ2) is 16.0. The van der Waals surface area contributed by atoms with Gasteiger partial charge in [-0.05, 0) is 93.7 Å². The Labute approximate surface area is 308 Å². The largest absolute Gasteiger partial charge is 0.511 e. The van der Waals surface area contributed by atoms with Crippen molar-refractivity contribution < 1.29 is 49.7 Å². The Hall–Kier alpha value is -1.04. The van der Waals surface area contributed by atoms with Crippen molar-refractivity contribution in [3.8, 4) is 0 Å². The molecule has 4 aliphatic carbocycles. The number of ketones is 2. The number of hydrogen-bond acceptors (Lipinski definition) is 14. The molecular formula is C37H56N2O10S2. The summed E-state index contributed by atoms with van der Waals surface area (Å²) in [6, 6.07) is 0. The zero-order valence-corrected chi connectivity index (χ0v) is 30.9. The van der Waals surface area contributed by atoms with Crippen molar-refractivity contribution >= 4 is 33.2 Å². The molecule has 14 unspecified atom stereocenters. The Morgan fingerprint density at radius 3 is 2.51 bits per heavy atom. The molecule has 0 aromatic carbocycles. The van der Waals surface area contributed by atoms with Crippen LogP contribution in [0.4, 0.5) is 0 Å². The van der Waals surface area contributed by atoms with Gasteiger partial charge < -0.3 is 45.4 Å². The fourth-order valence-electron chi connectivity index (χ4n) is 10.4. The topological polar surface area (TPSA) is 198 Å². The van der Waals surface area contributed by atoms with Crippen LogP contribution in [0.5, 0.6) is 0 Å². The van der Waals surface area contributed by atoms with Crippen LogP contribution in [-0.4, -0.2) is 116 Å². The zero-order chi connectivity index (χ0) is 35.9. The number of aliphatic hydroxyl groups excluding tert-OH is 5. The predicted octanol–water partition coefficient (Wildman–Crippen LogP) is 2.33. The van der Waals surface area contributed by atoms with E-state index < -0.39 is 66.1 Å². The minimum atomic E-state index is -2.03. The number of rotatable bonds is 4. The van der Waals surface area contributed by atoms with Crippen molar-refractivity contribution in [2.45, 2.75) is 120 Å². The van der Waals surface area contributed by atoms with E-state index in [1.807, 2.05) is 6.08 Å². The quantitative estimate of drug-likeness (QED) is 0.195. The Kier molecular flexibility index (Phi) is 12.0. The SMILES string of the molecule is O=C1C2CCCC3OC4OC(CO)C(O)C(O)(CCC5CCNC(C5)NCSSCC5(C(=O)C32)C(O)=CC(CC2CCCC(CO)C2)=CC15)C4O. The normalized spacial score (nSPS) is 46.9. The molecule has 3 saturated carbocycles. The Morgan fingerprint density at radius 2 is 1.71 bits per heavy atom. The van der Waals surface area contributed by atoms with Crippen LogP contribution in [0.25, 0.3) is 0 Å². The molecule has 0 amide bonds. The number of hydrogen-bond donors (Lipinski definition) is 8. The smallest absolute Gasteiger partial charge is 0.187 e. The highest BCUT2D eigenvalue weighted by molar-refractivity contribution is 8.76. The highest BCUT2D eigenvalue weighted by Crippen LogP contribution is 2.56. The molecule has 6 fully saturated rings. The summed E-state index contributed by atoms with van der Waals surface area (Å²) < 4.78 is 12.3. The van der Waals surface area contributed by atoms with Crippen LogP contribution in [0.1, 0.15) is 77.0 Å². The molecule has 7 rings (SSSR count). The maximum Gasteiger partial charge on any atom is 0.187 e. The van der Waals surface area contributed by atoms with Crippen LogP contribution in [0, 0.1) is 40.9 Å². The van der Waals surface area contributed by atoms with Gasteiger partial charge in [0.15, 0.2) is 12.1 Å². The van der Waals surface area contributed by atoms with Gasteiger partial charge in [0.2, 0.25) is 0 Å². The van der Waals surface area contributed by atoms with E-state index in [-0.39, 0.29) is 54.1 Å². The lowest BCUT2D eigenvalue weighted by Gasteiger charge is -2.53. The minimum Gasteiger partial charge on any atom is -0.511 e. The molecule has 3 aliphatic heterocycles. The van der Waals surface area contributed by atoms with Crippen LogP contribution in [0.3, 0.4) is 0 Å². The number of carbonyl (C=O) groups is 2. The van der Waals surface area contributed by atoms with E-state index in [2.05, 4.69) is 10.6 Å². The molecule has 12 nitrogen and oxygen atoms in total. The third-order valence-electron chi connectivity index (χ3n) is 13.3. The molecule has 6 bridgehead atoms. The molecule has 8 N–H and O–H groups in total. The maximum absolute atomic E-state index is 15.1. The van der Waals surface area contributed by atoms with Crippen molar-refractivity contribution in [1.82, 2.24) is 10.6 Å². The minimum absolute atomic E-state index is 0.00225. The Balaban J connectivity index is 1.22. The summed E-state index contributed by atoms with van der Waals surface area (Å²) in [6.45, 7) is 0.308. The van der Waals surface area contributed by atoms with Gasteiger partial charge in [-0.25, -0.2) is 0 Å². The summed E-state index contributed by atoms with van der Waals surface area (Å²) in [4.78, 5) is 29.8. The average molecular weight is 753 g/mol. The number of carbonyl (C=O) groups excluding carboxylic acids is 2. The van der Waals surface area contributed by atoms with Gasteiger partial charge in [-0.1, -0.05) is 46.9 Å². The number of nitrogens with one attached hydrogen (secondary N) is 2. The van der Waals surface area contributed by atoms with Gasteiger partial charge >= 0.3 is 0 Å². The van der Waals surface area contributed by atoms with Crippen molar-refractivity contribution in [2.24, 2.45) is 40.9 Å². The first-order valence-electron chi connectivity index (χ1n) is 19.1. The molecule has 51 heavy (non-hydrogen) atoms. The predicted molar refractivity (Wildman–Crippen MR) is 192 cm³/mol. The number of Topliss-reactive ketones (excluding diaryl/α,β-unsaturated/α-hetero) is 2. The van der Waals surface area contributed by atoms with Gasteiger partial charge in [0.05, 0.1) is 36.6 Å². The second-order valence-corrected chi connectivity index (χ2v) is 18.7. The lowest BCUT2D eigenvalue weighted by atomic mass is 9.52. The molecule has 0 aromatic heterocycles. The van der Waals surface area contributed by atoms with Crippen LogP contribution >= 0.6 is 21.6 Å². The lowest BCUT2D eigenvalue weighted by molar-refractivity contribution is -0.346. The van der Waals surface area contributed by atoms with E-state index in [4.69, 9.17) is 9.47 Å². The fraction of sp³-hybridized carbons (Fsp3) is 0.838. The molecule has 286 valence electrons. The highest BCUT2D eigenvalue weighted by atomic mass is 33.1. The van der Waals surface area contributed by atoms with Gasteiger partial charge in [-0.2, -0.15) is 0 Å². The first kappa shape index (κ1) is 38.2. The molecule has 3 heterocycles. The van der Waals surface area contributed by atoms with Gasteiger partial charge in [0, 0.05) is 18.3 Å². The van der Waals surface area contributed by atoms with Gasteiger partial charge in [-0.3, -0.25) is 14.9 Å². The highest BCUT2D eigenvalue weighted by Gasteiger charge is 2.64. The summed E-state index contributed by atoms with van der Waals surface area (Å²) in [5.74, 6) is -1.30. The molecule has 0 aromatic rings. The molecular weight excluding hydrogens is 697 g/mol. The molecule has 7 aliphatic rings. The monoisotopic (exact) mass is 752 g/mol. The third kappa shape index (κ3) is 7.26. The van der Waals surface area contributed by atoms with E-state index in [1.54, 1.807) is 16.9 Å².